The van der Waals surface area contributed by atoms with E-state index in [1.165, 1.54) is 22.9 Å². The first-order chi connectivity index (χ1) is 16.9. The summed E-state index contributed by atoms with van der Waals surface area (Å²) in [6.07, 6.45) is 2.84. The Morgan fingerprint density at radius 1 is 1.00 bits per heavy atom. The van der Waals surface area contributed by atoms with Crippen molar-refractivity contribution in [3.05, 3.63) is 91.4 Å². The van der Waals surface area contributed by atoms with Gasteiger partial charge in [0, 0.05) is 0 Å². The number of thioether (sulfide) groups is 1. The Kier molecular flexibility index (Phi) is 8.51. The molecular weight excluding hydrogens is 571 g/mol. The van der Waals surface area contributed by atoms with Crippen molar-refractivity contribution < 1.29 is 14.3 Å². The second-order valence-electron chi connectivity index (χ2n) is 8.04. The lowest BCUT2D eigenvalue weighted by Gasteiger charge is -2.15. The maximum atomic E-state index is 12.6. The number of amides is 1. The molecule has 1 amide bonds. The molecule has 0 aromatic heterocycles. The van der Waals surface area contributed by atoms with Gasteiger partial charge in [-0.1, -0.05) is 48.9 Å². The van der Waals surface area contributed by atoms with E-state index in [1.807, 2.05) is 37.3 Å². The number of hydrogen-bond donors (Lipinski definition) is 1. The predicted octanol–water partition coefficient (Wildman–Crippen LogP) is 7.03. The van der Waals surface area contributed by atoms with Gasteiger partial charge < -0.3 is 14.8 Å². The van der Waals surface area contributed by atoms with Gasteiger partial charge in [0.2, 0.25) is 0 Å². The van der Waals surface area contributed by atoms with Crippen LogP contribution >= 0.6 is 34.4 Å². The average Bonchev–Trinajstić information content (AvgIpc) is 3.18. The molecule has 180 valence electrons. The lowest BCUT2D eigenvalue weighted by atomic mass is 10.1. The van der Waals surface area contributed by atoms with Gasteiger partial charge in [-0.2, -0.15) is 0 Å². The highest BCUT2D eigenvalue weighted by Gasteiger charge is 2.24. The van der Waals surface area contributed by atoms with Crippen LogP contribution in [0.5, 0.6) is 11.5 Å². The summed E-state index contributed by atoms with van der Waals surface area (Å²) in [7, 11) is 0. The minimum Gasteiger partial charge on any atom is -0.490 e. The van der Waals surface area contributed by atoms with Gasteiger partial charge in [-0.15, -0.1) is 0 Å². The number of aryl methyl sites for hydroxylation is 2. The molecule has 35 heavy (non-hydrogen) atoms. The molecule has 0 saturated carbocycles. The molecule has 3 aromatic carbocycles. The smallest absolute Gasteiger partial charge is 0.264 e. The normalized spacial score (nSPS) is 15.5. The maximum Gasteiger partial charge on any atom is 0.264 e. The van der Waals surface area contributed by atoms with Gasteiger partial charge in [0.1, 0.15) is 6.61 Å². The summed E-state index contributed by atoms with van der Waals surface area (Å²) in [4.78, 5) is 17.7. The van der Waals surface area contributed by atoms with Gasteiger partial charge in [-0.05, 0) is 102 Å². The van der Waals surface area contributed by atoms with E-state index in [4.69, 9.17) is 9.47 Å². The van der Waals surface area contributed by atoms with Crippen LogP contribution in [0.4, 0.5) is 5.69 Å². The lowest BCUT2D eigenvalue weighted by molar-refractivity contribution is -0.115. The molecule has 1 aliphatic heterocycles. The summed E-state index contributed by atoms with van der Waals surface area (Å²) < 4.78 is 12.9. The Bertz CT molecular complexity index is 1270. The van der Waals surface area contributed by atoms with E-state index in [0.29, 0.717) is 34.8 Å². The van der Waals surface area contributed by atoms with Gasteiger partial charge >= 0.3 is 0 Å². The highest BCUT2D eigenvalue weighted by molar-refractivity contribution is 14.1. The fourth-order valence-corrected chi connectivity index (χ4v) is 5.09. The largest absolute Gasteiger partial charge is 0.490 e. The average molecular weight is 599 g/mol. The van der Waals surface area contributed by atoms with E-state index in [-0.39, 0.29) is 5.91 Å². The number of carbonyl (C=O) groups is 1. The molecule has 0 aliphatic carbocycles. The molecule has 1 N–H and O–H groups in total. The quantitative estimate of drug-likeness (QED) is 0.224. The molecule has 1 heterocycles. The molecular formula is C28H27IN2O3S. The highest BCUT2D eigenvalue weighted by Crippen LogP contribution is 2.37. The van der Waals surface area contributed by atoms with Crippen molar-refractivity contribution in [1.82, 2.24) is 5.32 Å². The first-order valence-electron chi connectivity index (χ1n) is 11.5. The number of halogens is 1. The van der Waals surface area contributed by atoms with Crippen LogP contribution in [-0.4, -0.2) is 17.7 Å². The van der Waals surface area contributed by atoms with Crippen molar-refractivity contribution in [2.24, 2.45) is 4.99 Å². The lowest BCUT2D eigenvalue weighted by Crippen LogP contribution is -2.19. The van der Waals surface area contributed by atoms with E-state index >= 15 is 0 Å². The number of ether oxygens (including phenoxy) is 2. The van der Waals surface area contributed by atoms with Crippen molar-refractivity contribution in [2.75, 3.05) is 6.61 Å². The molecule has 0 radical (unpaired) electrons. The Hall–Kier alpha value is -2.78. The molecule has 0 unspecified atom stereocenters. The summed E-state index contributed by atoms with van der Waals surface area (Å²) >= 11 is 3.58. The van der Waals surface area contributed by atoms with Gasteiger partial charge in [-0.25, -0.2) is 4.99 Å². The van der Waals surface area contributed by atoms with Gasteiger partial charge in [-0.3, -0.25) is 4.79 Å². The minimum absolute atomic E-state index is 0.161. The number of aliphatic imine (C=N–C) groups is 1. The van der Waals surface area contributed by atoms with Gasteiger partial charge in [0.05, 0.1) is 20.8 Å². The molecule has 0 spiro atoms. The third-order valence-electron chi connectivity index (χ3n) is 5.36. The maximum absolute atomic E-state index is 12.6. The van der Waals surface area contributed by atoms with Gasteiger partial charge in [0.15, 0.2) is 16.7 Å². The Morgan fingerprint density at radius 2 is 1.71 bits per heavy atom. The first-order valence-corrected chi connectivity index (χ1v) is 13.4. The Morgan fingerprint density at radius 3 is 2.40 bits per heavy atom. The third-order valence-corrected chi connectivity index (χ3v) is 7.07. The number of nitrogens with zero attached hydrogens (tertiary/aromatic N) is 1. The highest BCUT2D eigenvalue weighted by atomic mass is 127. The number of hydrogen-bond acceptors (Lipinski definition) is 5. The molecule has 5 nitrogen and oxygen atoms in total. The van der Waals surface area contributed by atoms with Crippen molar-refractivity contribution in [3.8, 4) is 11.5 Å². The van der Waals surface area contributed by atoms with Crippen molar-refractivity contribution in [1.29, 1.82) is 0 Å². The van der Waals surface area contributed by atoms with Crippen molar-refractivity contribution in [2.45, 2.75) is 33.8 Å². The summed E-state index contributed by atoms with van der Waals surface area (Å²) in [6.45, 7) is 7.09. The first kappa shape index (κ1) is 25.3. The second kappa shape index (κ2) is 11.8. The van der Waals surface area contributed by atoms with Crippen LogP contribution in [0.25, 0.3) is 6.08 Å². The van der Waals surface area contributed by atoms with Crippen molar-refractivity contribution >= 4 is 57.2 Å². The second-order valence-corrected chi connectivity index (χ2v) is 10.2. The molecule has 0 bridgehead atoms. The zero-order valence-corrected chi connectivity index (χ0v) is 22.9. The van der Waals surface area contributed by atoms with Crippen LogP contribution in [0.1, 0.15) is 36.1 Å². The van der Waals surface area contributed by atoms with Crippen LogP contribution < -0.4 is 14.8 Å². The molecule has 1 aliphatic rings. The van der Waals surface area contributed by atoms with Crippen LogP contribution in [-0.2, 0) is 17.8 Å². The molecule has 1 saturated heterocycles. The van der Waals surface area contributed by atoms with E-state index in [0.717, 1.165) is 26.8 Å². The minimum atomic E-state index is -0.161. The molecule has 7 heteroatoms. The van der Waals surface area contributed by atoms with Crippen LogP contribution in [0, 0.1) is 10.5 Å². The third kappa shape index (κ3) is 6.67. The standard InChI is InChI=1S/C28H27IN2O3S/c1-4-19-10-12-22(13-11-19)30-28-31-27(32)25(35-28)16-21-14-23(29)26(24(15-21)33-5-2)34-17-20-8-6-18(3)7-9-20/h6-16H,4-5,17H2,1-3H3,(H,30,31,32)/b25-16-. The Balaban J connectivity index is 1.53. The SMILES string of the molecule is CCOc1cc(/C=C2\SC(=Nc3ccc(CC)cc3)NC2=O)cc(I)c1OCc1ccc(C)cc1. The van der Waals surface area contributed by atoms with Crippen LogP contribution in [0.2, 0.25) is 0 Å². The summed E-state index contributed by atoms with van der Waals surface area (Å²) in [6, 6.07) is 20.2. The summed E-state index contributed by atoms with van der Waals surface area (Å²) in [5.74, 6) is 1.20. The summed E-state index contributed by atoms with van der Waals surface area (Å²) in [5.41, 5.74) is 5.24. The Labute approximate surface area is 224 Å². The molecule has 4 rings (SSSR count). The number of nitrogens with one attached hydrogen (secondary N) is 1. The zero-order valence-electron chi connectivity index (χ0n) is 19.9. The van der Waals surface area contributed by atoms with Crippen LogP contribution in [0.15, 0.2) is 70.6 Å². The van der Waals surface area contributed by atoms with E-state index in [1.54, 1.807) is 0 Å². The molecule has 3 aromatic rings. The van der Waals surface area contributed by atoms with Crippen LogP contribution in [0.3, 0.4) is 0 Å². The summed E-state index contributed by atoms with van der Waals surface area (Å²) in [5, 5.41) is 3.43. The fourth-order valence-electron chi connectivity index (χ4n) is 3.47. The molecule has 1 fully saturated rings. The van der Waals surface area contributed by atoms with Crippen molar-refractivity contribution in [3.63, 3.8) is 0 Å². The van der Waals surface area contributed by atoms with E-state index < -0.39 is 0 Å². The topological polar surface area (TPSA) is 59.9 Å². The number of benzene rings is 3. The van der Waals surface area contributed by atoms with Gasteiger partial charge in [0.25, 0.3) is 5.91 Å². The predicted molar refractivity (Wildman–Crippen MR) is 152 cm³/mol. The number of carbonyl (C=O) groups excluding carboxylic acids is 1. The molecule has 0 atom stereocenters. The van der Waals surface area contributed by atoms with E-state index in [9.17, 15) is 4.79 Å². The monoisotopic (exact) mass is 598 g/mol. The number of amidine groups is 1. The van der Waals surface area contributed by atoms with E-state index in [2.05, 4.69) is 83.1 Å². The zero-order chi connectivity index (χ0) is 24.8. The fraction of sp³-hybridized carbons (Fsp3) is 0.214. The number of rotatable bonds is 8.